The topological polar surface area (TPSA) is 43.4 Å². The highest BCUT2D eigenvalue weighted by Gasteiger charge is 2.11. The first-order chi connectivity index (χ1) is 18.1. The largest absolute Gasteiger partial charge is 0.494 e. The summed E-state index contributed by atoms with van der Waals surface area (Å²) in [5.74, 6) is 1.01. The predicted octanol–water partition coefficient (Wildman–Crippen LogP) is 9.48. The number of carbonyl (C=O) groups is 2. The first-order valence-electron chi connectivity index (χ1n) is 14.1. The minimum atomic E-state index is -0.0352. The molecule has 0 aliphatic carbocycles. The van der Waals surface area contributed by atoms with Gasteiger partial charge in [0.2, 0.25) is 0 Å². The average molecular weight is 499 g/mol. The van der Waals surface area contributed by atoms with E-state index in [2.05, 4.69) is 26.0 Å². The molecule has 0 atom stereocenters. The molecule has 3 rings (SSSR count). The van der Waals surface area contributed by atoms with Crippen LogP contribution in [0.5, 0.6) is 5.75 Å². The summed E-state index contributed by atoms with van der Waals surface area (Å²) in [7, 11) is 0. The van der Waals surface area contributed by atoms with Crippen LogP contribution in [0.15, 0.2) is 72.8 Å². The van der Waals surface area contributed by atoms with Gasteiger partial charge in [-0.2, -0.15) is 0 Å². The van der Waals surface area contributed by atoms with Gasteiger partial charge in [0, 0.05) is 23.1 Å². The summed E-state index contributed by atoms with van der Waals surface area (Å²) >= 11 is 0. The Kier molecular flexibility index (Phi) is 12.1. The third-order valence-corrected chi connectivity index (χ3v) is 6.83. The minimum Gasteiger partial charge on any atom is -0.494 e. The highest BCUT2D eigenvalue weighted by Crippen LogP contribution is 2.24. The van der Waals surface area contributed by atoms with Crippen molar-refractivity contribution in [2.24, 2.45) is 0 Å². The number of benzene rings is 3. The van der Waals surface area contributed by atoms with Crippen molar-refractivity contribution in [2.45, 2.75) is 84.5 Å². The normalized spacial score (nSPS) is 10.9. The van der Waals surface area contributed by atoms with Gasteiger partial charge in [-0.3, -0.25) is 9.59 Å². The molecule has 37 heavy (non-hydrogen) atoms. The third kappa shape index (κ3) is 9.31. The molecule has 0 N–H and O–H groups in total. The van der Waals surface area contributed by atoms with Crippen LogP contribution in [-0.2, 0) is 0 Å². The Balaban J connectivity index is 1.50. The molecule has 0 heterocycles. The smallest absolute Gasteiger partial charge is 0.193 e. The number of carbonyl (C=O) groups excluding carboxylic acids is 2. The zero-order chi connectivity index (χ0) is 26.3. The lowest BCUT2D eigenvalue weighted by molar-refractivity contribution is 0.0977. The Bertz CT molecular complexity index is 1080. The molecular formula is C34H42O3. The van der Waals surface area contributed by atoms with E-state index in [0.717, 1.165) is 49.2 Å². The molecule has 3 nitrogen and oxygen atoms in total. The second-order valence-corrected chi connectivity index (χ2v) is 9.86. The summed E-state index contributed by atoms with van der Waals surface area (Å²) < 4.78 is 5.89. The van der Waals surface area contributed by atoms with E-state index in [4.69, 9.17) is 4.74 Å². The third-order valence-electron chi connectivity index (χ3n) is 6.83. The molecule has 0 amide bonds. The van der Waals surface area contributed by atoms with Crippen molar-refractivity contribution in [2.75, 3.05) is 6.61 Å². The van der Waals surface area contributed by atoms with Crippen LogP contribution in [0, 0.1) is 0 Å². The van der Waals surface area contributed by atoms with Crippen molar-refractivity contribution in [3.05, 3.63) is 89.5 Å². The van der Waals surface area contributed by atoms with Crippen molar-refractivity contribution >= 4 is 11.6 Å². The number of hydrogen-bond donors (Lipinski definition) is 0. The Morgan fingerprint density at radius 2 is 1.00 bits per heavy atom. The average Bonchev–Trinajstić information content (AvgIpc) is 2.95. The molecule has 3 heteroatoms. The van der Waals surface area contributed by atoms with Crippen LogP contribution >= 0.6 is 0 Å². The van der Waals surface area contributed by atoms with Crippen molar-refractivity contribution in [1.82, 2.24) is 0 Å². The second kappa shape index (κ2) is 15.8. The number of hydrogen-bond acceptors (Lipinski definition) is 3. The molecular weight excluding hydrogens is 456 g/mol. The molecule has 196 valence electrons. The van der Waals surface area contributed by atoms with Gasteiger partial charge in [-0.15, -0.1) is 0 Å². The fraction of sp³-hybridized carbons (Fsp3) is 0.412. The summed E-state index contributed by atoms with van der Waals surface area (Å²) in [6.07, 6.45) is 12.4. The lowest BCUT2D eigenvalue weighted by Crippen LogP contribution is -2.03. The van der Waals surface area contributed by atoms with Gasteiger partial charge in [0.15, 0.2) is 11.6 Å². The molecule has 3 aromatic rings. The number of ketones is 2. The Hall–Kier alpha value is -3.20. The molecule has 0 spiro atoms. The first kappa shape index (κ1) is 28.4. The molecule has 0 unspecified atom stereocenters. The van der Waals surface area contributed by atoms with E-state index >= 15 is 0 Å². The first-order valence-corrected chi connectivity index (χ1v) is 14.1. The van der Waals surface area contributed by atoms with E-state index in [9.17, 15) is 9.59 Å². The maximum atomic E-state index is 13.0. The van der Waals surface area contributed by atoms with Crippen LogP contribution in [0.4, 0.5) is 0 Å². The number of rotatable bonds is 17. The fourth-order valence-electron chi connectivity index (χ4n) is 4.46. The maximum absolute atomic E-state index is 13.0. The van der Waals surface area contributed by atoms with Crippen molar-refractivity contribution in [1.29, 1.82) is 0 Å². The molecule has 0 saturated heterocycles. The molecule has 0 fully saturated rings. The lowest BCUT2D eigenvalue weighted by Gasteiger charge is -2.08. The quantitative estimate of drug-likeness (QED) is 0.137. The van der Waals surface area contributed by atoms with Crippen LogP contribution in [0.2, 0.25) is 0 Å². The monoisotopic (exact) mass is 498 g/mol. The van der Waals surface area contributed by atoms with Crippen molar-refractivity contribution < 1.29 is 14.3 Å². The molecule has 0 saturated carbocycles. The van der Waals surface area contributed by atoms with E-state index in [0.29, 0.717) is 23.1 Å². The predicted molar refractivity (Wildman–Crippen MR) is 154 cm³/mol. The van der Waals surface area contributed by atoms with Crippen LogP contribution < -0.4 is 4.74 Å². The van der Waals surface area contributed by atoms with E-state index in [1.165, 1.54) is 38.5 Å². The van der Waals surface area contributed by atoms with Crippen LogP contribution in [0.25, 0.3) is 11.1 Å². The molecule has 0 radical (unpaired) electrons. The molecule has 0 aliphatic heterocycles. The number of Topliss-reactive ketones (excluding diaryl/α,β-unsaturated/α-hetero) is 1. The van der Waals surface area contributed by atoms with Crippen LogP contribution in [0.3, 0.4) is 0 Å². The van der Waals surface area contributed by atoms with E-state index in [-0.39, 0.29) is 11.6 Å². The summed E-state index contributed by atoms with van der Waals surface area (Å²) in [5, 5.41) is 0. The van der Waals surface area contributed by atoms with Crippen molar-refractivity contribution in [3.8, 4) is 16.9 Å². The van der Waals surface area contributed by atoms with Gasteiger partial charge in [-0.1, -0.05) is 126 Å². The minimum absolute atomic E-state index is 0.0352. The molecule has 3 aromatic carbocycles. The SMILES string of the molecule is CCCCCCCCOc1ccc(-c2ccc(C(=O)c3ccc(C(=O)CCCCCC)cc3)cc2)cc1. The standard InChI is InChI=1S/C34H42O3/c1-3-5-7-9-10-12-26-37-32-24-22-28(23-25-32)27-14-18-30(19-15-27)34(36)31-20-16-29(17-21-31)33(35)13-11-8-6-4-2/h14-25H,3-13,26H2,1-2H3. The van der Waals surface area contributed by atoms with Gasteiger partial charge < -0.3 is 4.74 Å². The Morgan fingerprint density at radius 1 is 0.541 bits per heavy atom. The summed E-state index contributed by atoms with van der Waals surface area (Å²) in [5.41, 5.74) is 4.07. The van der Waals surface area contributed by atoms with E-state index in [1.807, 2.05) is 36.4 Å². The Labute approximate surface area is 223 Å². The van der Waals surface area contributed by atoms with Gasteiger partial charge in [-0.05, 0) is 36.1 Å². The summed E-state index contributed by atoms with van der Waals surface area (Å²) in [4.78, 5) is 25.3. The number of ether oxygens (including phenoxy) is 1. The van der Waals surface area contributed by atoms with Gasteiger partial charge in [0.25, 0.3) is 0 Å². The summed E-state index contributed by atoms with van der Waals surface area (Å²) in [6.45, 7) is 5.16. The van der Waals surface area contributed by atoms with Crippen molar-refractivity contribution in [3.63, 3.8) is 0 Å². The Morgan fingerprint density at radius 3 is 1.59 bits per heavy atom. The van der Waals surface area contributed by atoms with E-state index in [1.54, 1.807) is 24.3 Å². The molecule has 0 aromatic heterocycles. The number of unbranched alkanes of at least 4 members (excludes halogenated alkanes) is 8. The highest BCUT2D eigenvalue weighted by molar-refractivity contribution is 6.09. The fourth-order valence-corrected chi connectivity index (χ4v) is 4.46. The van der Waals surface area contributed by atoms with Crippen LogP contribution in [-0.4, -0.2) is 18.2 Å². The zero-order valence-corrected chi connectivity index (χ0v) is 22.6. The van der Waals surface area contributed by atoms with Gasteiger partial charge in [0.1, 0.15) is 5.75 Å². The maximum Gasteiger partial charge on any atom is 0.193 e. The van der Waals surface area contributed by atoms with E-state index < -0.39 is 0 Å². The second-order valence-electron chi connectivity index (χ2n) is 9.86. The van der Waals surface area contributed by atoms with Gasteiger partial charge >= 0.3 is 0 Å². The highest BCUT2D eigenvalue weighted by atomic mass is 16.5. The lowest BCUT2D eigenvalue weighted by atomic mass is 9.97. The van der Waals surface area contributed by atoms with Gasteiger partial charge in [-0.25, -0.2) is 0 Å². The zero-order valence-electron chi connectivity index (χ0n) is 22.6. The van der Waals surface area contributed by atoms with Crippen LogP contribution in [0.1, 0.15) is 111 Å². The summed E-state index contributed by atoms with van der Waals surface area (Å²) in [6, 6.07) is 22.9. The molecule has 0 bridgehead atoms. The van der Waals surface area contributed by atoms with Gasteiger partial charge in [0.05, 0.1) is 6.61 Å². The molecule has 0 aliphatic rings.